The summed E-state index contributed by atoms with van der Waals surface area (Å²) < 4.78 is 26.8. The number of aromatic nitrogens is 3. The Morgan fingerprint density at radius 2 is 2.11 bits per heavy atom. The molecule has 2 aromatic rings. The van der Waals surface area contributed by atoms with Crippen LogP contribution < -0.4 is 0 Å². The van der Waals surface area contributed by atoms with Crippen molar-refractivity contribution >= 4 is 10.8 Å². The number of fused-ring (bicyclic) bond motifs is 1. The van der Waals surface area contributed by atoms with Crippen molar-refractivity contribution in [2.24, 2.45) is 0 Å². The van der Waals surface area contributed by atoms with Crippen molar-refractivity contribution in [1.29, 1.82) is 0 Å². The molecule has 1 unspecified atom stereocenters. The topological polar surface area (TPSA) is 47.8 Å². The molecule has 1 aliphatic heterocycles. The molecule has 0 radical (unpaired) electrons. The van der Waals surface area contributed by atoms with Gasteiger partial charge < -0.3 is 0 Å². The van der Waals surface area contributed by atoms with E-state index < -0.39 is 17.0 Å². The van der Waals surface area contributed by atoms with E-state index in [2.05, 4.69) is 10.1 Å². The van der Waals surface area contributed by atoms with Crippen LogP contribution in [-0.4, -0.2) is 25.2 Å². The van der Waals surface area contributed by atoms with Crippen LogP contribution in [-0.2, 0) is 10.8 Å². The van der Waals surface area contributed by atoms with E-state index in [0.29, 0.717) is 6.42 Å². The monoisotopic (exact) mass is 265 g/mol. The second-order valence-corrected chi connectivity index (χ2v) is 5.55. The van der Waals surface area contributed by atoms with Gasteiger partial charge in [-0.15, -0.1) is 5.10 Å². The Morgan fingerprint density at radius 1 is 1.39 bits per heavy atom. The van der Waals surface area contributed by atoms with Gasteiger partial charge in [0.15, 0.2) is 12.0 Å². The maximum Gasteiger partial charge on any atom is 0.238 e. The highest BCUT2D eigenvalue weighted by molar-refractivity contribution is 7.84. The molecule has 1 aromatic heterocycles. The summed E-state index contributed by atoms with van der Waals surface area (Å²) in [6, 6.07) is 9.47. The van der Waals surface area contributed by atoms with Crippen molar-refractivity contribution in [3.05, 3.63) is 41.7 Å². The summed E-state index contributed by atoms with van der Waals surface area (Å²) in [6.07, 6.45) is 0.700. The average Bonchev–Trinajstić information content (AvgIpc) is 2.92. The quantitative estimate of drug-likeness (QED) is 0.834. The summed E-state index contributed by atoms with van der Waals surface area (Å²) in [6.45, 7) is 0. The molecule has 6 heteroatoms. The summed E-state index contributed by atoms with van der Waals surface area (Å²) in [5.74, 6) is 0.286. The lowest BCUT2D eigenvalue weighted by Gasteiger charge is -2.11. The smallest absolute Gasteiger partial charge is 0.238 e. The molecule has 1 aliphatic rings. The first-order chi connectivity index (χ1) is 8.66. The van der Waals surface area contributed by atoms with Crippen LogP contribution in [0.15, 0.2) is 35.5 Å². The molecule has 0 N–H and O–H groups in total. The number of rotatable bonds is 2. The molecule has 0 spiro atoms. The Kier molecular flexibility index (Phi) is 2.74. The van der Waals surface area contributed by atoms with E-state index in [4.69, 9.17) is 0 Å². The first kappa shape index (κ1) is 11.5. The first-order valence-electron chi connectivity index (χ1n) is 5.65. The number of alkyl halides is 1. The molecule has 4 nitrogen and oxygen atoms in total. The lowest BCUT2D eigenvalue weighted by Crippen LogP contribution is -2.08. The fourth-order valence-electron chi connectivity index (χ4n) is 2.23. The second-order valence-electron chi connectivity index (χ2n) is 4.28. The van der Waals surface area contributed by atoms with Crippen molar-refractivity contribution in [3.8, 4) is 0 Å². The summed E-state index contributed by atoms with van der Waals surface area (Å²) in [7, 11) is -1.28. The van der Waals surface area contributed by atoms with E-state index in [1.807, 2.05) is 30.3 Å². The van der Waals surface area contributed by atoms with E-state index >= 15 is 0 Å². The summed E-state index contributed by atoms with van der Waals surface area (Å²) >= 11 is 0. The fraction of sp³-hybridized carbons (Fsp3) is 0.333. The van der Waals surface area contributed by atoms with Gasteiger partial charge in [0.1, 0.15) is 0 Å². The van der Waals surface area contributed by atoms with Gasteiger partial charge in [-0.3, -0.25) is 4.21 Å². The third-order valence-electron chi connectivity index (χ3n) is 3.09. The molecular weight excluding hydrogens is 253 g/mol. The van der Waals surface area contributed by atoms with Gasteiger partial charge in [-0.2, -0.15) is 0 Å². The maximum atomic E-state index is 13.9. The molecule has 0 bridgehead atoms. The first-order valence-corrected chi connectivity index (χ1v) is 7.21. The highest BCUT2D eigenvalue weighted by Crippen LogP contribution is 2.39. The van der Waals surface area contributed by atoms with Gasteiger partial charge in [-0.05, 0) is 5.56 Å². The summed E-state index contributed by atoms with van der Waals surface area (Å²) in [5.41, 5.74) is 0.997. The molecule has 0 saturated carbocycles. The van der Waals surface area contributed by atoms with E-state index in [0.717, 1.165) is 5.56 Å². The molecule has 18 heavy (non-hydrogen) atoms. The number of hydrogen-bond acceptors (Lipinski definition) is 3. The molecule has 0 fully saturated rings. The van der Waals surface area contributed by atoms with Crippen LogP contribution in [0.3, 0.4) is 0 Å². The maximum absolute atomic E-state index is 13.9. The Labute approximate surface area is 106 Å². The predicted octanol–water partition coefficient (Wildman–Crippen LogP) is 2.02. The SMILES string of the molecule is CS(=O)c1nc2n(n1)[C@H](c1ccccc1)C[C@@H]2F. The average molecular weight is 265 g/mol. The van der Waals surface area contributed by atoms with E-state index in [-0.39, 0.29) is 17.0 Å². The summed E-state index contributed by atoms with van der Waals surface area (Å²) in [4.78, 5) is 4.02. The number of nitrogens with zero attached hydrogens (tertiary/aromatic N) is 3. The third-order valence-corrected chi connectivity index (χ3v) is 3.77. The van der Waals surface area contributed by atoms with Gasteiger partial charge in [-0.25, -0.2) is 14.1 Å². The highest BCUT2D eigenvalue weighted by atomic mass is 32.2. The molecule has 0 aliphatic carbocycles. The zero-order valence-electron chi connectivity index (χ0n) is 9.78. The van der Waals surface area contributed by atoms with Gasteiger partial charge in [0.2, 0.25) is 5.16 Å². The normalized spacial score (nSPS) is 23.9. The third kappa shape index (κ3) is 1.77. The van der Waals surface area contributed by atoms with Crippen LogP contribution in [0.5, 0.6) is 0 Å². The minimum atomic E-state index is -1.28. The molecule has 0 saturated heterocycles. The molecule has 0 amide bonds. The van der Waals surface area contributed by atoms with Crippen molar-refractivity contribution < 1.29 is 8.60 Å². The zero-order valence-corrected chi connectivity index (χ0v) is 10.6. The molecule has 3 rings (SSSR count). The van der Waals surface area contributed by atoms with E-state index in [9.17, 15) is 8.60 Å². The lowest BCUT2D eigenvalue weighted by atomic mass is 10.0. The van der Waals surface area contributed by atoms with Crippen LogP contribution in [0.25, 0.3) is 0 Å². The van der Waals surface area contributed by atoms with Crippen LogP contribution >= 0.6 is 0 Å². The second kappa shape index (κ2) is 4.28. The molecule has 2 heterocycles. The van der Waals surface area contributed by atoms with Crippen LogP contribution in [0.4, 0.5) is 4.39 Å². The minimum Gasteiger partial charge on any atom is -0.251 e. The number of benzene rings is 1. The van der Waals surface area contributed by atoms with Crippen molar-refractivity contribution in [2.75, 3.05) is 6.26 Å². The van der Waals surface area contributed by atoms with Gasteiger partial charge in [0.25, 0.3) is 0 Å². The zero-order chi connectivity index (χ0) is 12.7. The van der Waals surface area contributed by atoms with E-state index in [1.54, 1.807) is 4.68 Å². The van der Waals surface area contributed by atoms with Crippen LogP contribution in [0.1, 0.15) is 30.0 Å². The number of halogens is 1. The van der Waals surface area contributed by atoms with Crippen molar-refractivity contribution in [3.63, 3.8) is 0 Å². The van der Waals surface area contributed by atoms with Gasteiger partial charge in [-0.1, -0.05) is 30.3 Å². The van der Waals surface area contributed by atoms with Crippen LogP contribution in [0.2, 0.25) is 0 Å². The predicted molar refractivity (Wildman–Crippen MR) is 65.4 cm³/mol. The Balaban J connectivity index is 2.05. The van der Waals surface area contributed by atoms with Gasteiger partial charge in [0, 0.05) is 12.7 Å². The lowest BCUT2D eigenvalue weighted by molar-refractivity contribution is 0.327. The Morgan fingerprint density at radius 3 is 2.78 bits per heavy atom. The minimum absolute atomic E-state index is 0.152. The molecule has 1 aromatic carbocycles. The fourth-order valence-corrected chi connectivity index (χ4v) is 2.66. The number of hydrogen-bond donors (Lipinski definition) is 0. The van der Waals surface area contributed by atoms with Gasteiger partial charge >= 0.3 is 0 Å². The highest BCUT2D eigenvalue weighted by Gasteiger charge is 2.35. The van der Waals surface area contributed by atoms with Gasteiger partial charge in [0.05, 0.1) is 16.8 Å². The molecule has 3 atom stereocenters. The standard InChI is InChI=1S/C12H12FN3OS/c1-18(17)12-14-11-9(13)7-10(16(11)15-12)8-5-3-2-4-6-8/h2-6,9-10H,7H2,1H3/t9-,10-,18?/m0/s1. The summed E-state index contributed by atoms with van der Waals surface area (Å²) in [5, 5.41) is 4.37. The van der Waals surface area contributed by atoms with Crippen molar-refractivity contribution in [1.82, 2.24) is 14.8 Å². The van der Waals surface area contributed by atoms with Crippen LogP contribution in [0, 0.1) is 0 Å². The molecular formula is C12H12FN3OS. The van der Waals surface area contributed by atoms with Crippen molar-refractivity contribution in [2.45, 2.75) is 23.8 Å². The Bertz CT molecular complexity index is 599. The molecule has 94 valence electrons. The Hall–Kier alpha value is -1.56. The van der Waals surface area contributed by atoms with E-state index in [1.165, 1.54) is 6.26 Å². The largest absolute Gasteiger partial charge is 0.251 e.